The van der Waals surface area contributed by atoms with E-state index in [4.69, 9.17) is 11.6 Å². The minimum absolute atomic E-state index is 0.239. The Balaban J connectivity index is 1.62. The topological polar surface area (TPSA) is 55.1 Å². The monoisotopic (exact) mass is 425 g/mol. The number of hydrogen-bond donors (Lipinski definition) is 1. The van der Waals surface area contributed by atoms with Crippen LogP contribution in [-0.2, 0) is 12.7 Å². The first kappa shape index (κ1) is 18.9. The van der Waals surface area contributed by atoms with Crippen molar-refractivity contribution in [1.82, 2.24) is 19.6 Å². The number of rotatable bonds is 4. The molecule has 4 aromatic rings. The molecule has 1 aromatic carbocycles. The average molecular weight is 426 g/mol. The normalized spacial score (nSPS) is 12.4. The van der Waals surface area contributed by atoms with Gasteiger partial charge >= 0.3 is 6.18 Å². The van der Waals surface area contributed by atoms with E-state index in [-0.39, 0.29) is 5.92 Å². The van der Waals surface area contributed by atoms with Gasteiger partial charge in [0.15, 0.2) is 5.65 Å². The highest BCUT2D eigenvalue weighted by molar-refractivity contribution is 7.18. The van der Waals surface area contributed by atoms with Gasteiger partial charge in [-0.1, -0.05) is 25.4 Å². The molecule has 0 unspecified atom stereocenters. The molecule has 0 bridgehead atoms. The van der Waals surface area contributed by atoms with Crippen LogP contribution in [0.15, 0.2) is 30.5 Å². The number of hydrogen-bond acceptors (Lipinski definition) is 5. The zero-order valence-electron chi connectivity index (χ0n) is 14.9. The lowest BCUT2D eigenvalue weighted by Crippen LogP contribution is -2.06. The summed E-state index contributed by atoms with van der Waals surface area (Å²) in [5.41, 5.74) is 1.27. The molecule has 0 radical (unpaired) electrons. The Kier molecular flexibility index (Phi) is 4.67. The molecule has 0 atom stereocenters. The summed E-state index contributed by atoms with van der Waals surface area (Å²) in [5.74, 6) is 0.876. The number of aromatic nitrogens is 4. The minimum Gasteiger partial charge on any atom is -0.363 e. The van der Waals surface area contributed by atoms with Gasteiger partial charge in [-0.2, -0.15) is 22.8 Å². The van der Waals surface area contributed by atoms with Crippen molar-refractivity contribution in [2.24, 2.45) is 0 Å². The predicted molar refractivity (Wildman–Crippen MR) is 104 cm³/mol. The molecule has 28 heavy (non-hydrogen) atoms. The first-order valence-electron chi connectivity index (χ1n) is 8.47. The molecule has 0 spiro atoms. The van der Waals surface area contributed by atoms with Gasteiger partial charge in [-0.05, 0) is 24.1 Å². The van der Waals surface area contributed by atoms with Gasteiger partial charge in [0.05, 0.1) is 28.5 Å². The maximum Gasteiger partial charge on any atom is 0.416 e. The van der Waals surface area contributed by atoms with Gasteiger partial charge < -0.3 is 5.32 Å². The van der Waals surface area contributed by atoms with Crippen LogP contribution in [0.4, 0.5) is 19.0 Å². The second-order valence-electron chi connectivity index (χ2n) is 6.60. The summed E-state index contributed by atoms with van der Waals surface area (Å²) >= 11 is 7.49. The zero-order chi connectivity index (χ0) is 20.1. The predicted octanol–water partition coefficient (Wildman–Crippen LogP) is 5.75. The fourth-order valence-electron chi connectivity index (χ4n) is 2.88. The summed E-state index contributed by atoms with van der Waals surface area (Å²) in [4.78, 5) is 8.66. The lowest BCUT2D eigenvalue weighted by atomic mass is 10.1. The Morgan fingerprint density at radius 2 is 2.00 bits per heavy atom. The highest BCUT2D eigenvalue weighted by Crippen LogP contribution is 2.33. The van der Waals surface area contributed by atoms with Crippen LogP contribution in [0.1, 0.15) is 35.9 Å². The second-order valence-corrected chi connectivity index (χ2v) is 8.10. The minimum atomic E-state index is -4.39. The molecule has 3 aromatic heterocycles. The molecular weight excluding hydrogens is 411 g/mol. The maximum atomic E-state index is 12.9. The van der Waals surface area contributed by atoms with E-state index in [1.165, 1.54) is 17.4 Å². The standard InChI is InChI=1S/C18H15ClF3N5S/c1-9(2)11-7-24-27-15(6-14(19)26-17(11)27)23-8-16-25-12-5-10(18(20,21)22)3-4-13(12)28-16/h3-7,9,23H,8H2,1-2H3. The number of benzene rings is 1. The zero-order valence-corrected chi connectivity index (χ0v) is 16.5. The Bertz CT molecular complexity index is 1170. The molecule has 0 aliphatic rings. The van der Waals surface area contributed by atoms with E-state index in [9.17, 15) is 13.2 Å². The van der Waals surface area contributed by atoms with E-state index >= 15 is 0 Å². The largest absolute Gasteiger partial charge is 0.416 e. The van der Waals surface area contributed by atoms with Crippen LogP contribution in [0.2, 0.25) is 5.15 Å². The third-order valence-electron chi connectivity index (χ3n) is 4.27. The van der Waals surface area contributed by atoms with Crippen molar-refractivity contribution in [3.05, 3.63) is 51.7 Å². The summed E-state index contributed by atoms with van der Waals surface area (Å²) in [6, 6.07) is 5.24. The quantitative estimate of drug-likeness (QED) is 0.423. The molecule has 4 rings (SSSR count). The van der Waals surface area contributed by atoms with Gasteiger partial charge in [-0.3, -0.25) is 0 Å². The Morgan fingerprint density at radius 3 is 2.71 bits per heavy atom. The van der Waals surface area contributed by atoms with Crippen LogP contribution in [0.25, 0.3) is 15.9 Å². The van der Waals surface area contributed by atoms with Gasteiger partial charge in [-0.25, -0.2) is 9.97 Å². The molecular formula is C18H15ClF3N5S. The number of alkyl halides is 3. The molecule has 0 amide bonds. The van der Waals surface area contributed by atoms with Crippen molar-refractivity contribution in [1.29, 1.82) is 0 Å². The van der Waals surface area contributed by atoms with Gasteiger partial charge in [0.2, 0.25) is 0 Å². The van der Waals surface area contributed by atoms with E-state index < -0.39 is 11.7 Å². The van der Waals surface area contributed by atoms with E-state index in [0.717, 1.165) is 17.7 Å². The Morgan fingerprint density at radius 1 is 1.21 bits per heavy atom. The molecule has 3 heterocycles. The highest BCUT2D eigenvalue weighted by atomic mass is 35.5. The third kappa shape index (κ3) is 3.51. The van der Waals surface area contributed by atoms with Gasteiger partial charge in [0.1, 0.15) is 16.0 Å². The van der Waals surface area contributed by atoms with Crippen LogP contribution < -0.4 is 5.32 Å². The molecule has 5 nitrogen and oxygen atoms in total. The van der Waals surface area contributed by atoms with Gasteiger partial charge in [-0.15, -0.1) is 11.3 Å². The molecule has 0 aliphatic heterocycles. The third-order valence-corrected chi connectivity index (χ3v) is 5.50. The summed E-state index contributed by atoms with van der Waals surface area (Å²) < 4.78 is 41.0. The molecule has 0 saturated carbocycles. The average Bonchev–Trinajstić information content (AvgIpc) is 3.21. The fourth-order valence-corrected chi connectivity index (χ4v) is 3.95. The lowest BCUT2D eigenvalue weighted by molar-refractivity contribution is -0.137. The summed E-state index contributed by atoms with van der Waals surface area (Å²) in [5, 5.41) is 8.56. The highest BCUT2D eigenvalue weighted by Gasteiger charge is 2.30. The summed E-state index contributed by atoms with van der Waals surface area (Å²) in [6.45, 7) is 4.42. The number of thiazole rings is 1. The summed E-state index contributed by atoms with van der Waals surface area (Å²) in [6.07, 6.45) is -2.63. The summed E-state index contributed by atoms with van der Waals surface area (Å²) in [7, 11) is 0. The smallest absolute Gasteiger partial charge is 0.363 e. The van der Waals surface area contributed by atoms with Crippen molar-refractivity contribution in [3.8, 4) is 0 Å². The van der Waals surface area contributed by atoms with E-state index in [1.54, 1.807) is 16.8 Å². The van der Waals surface area contributed by atoms with Crippen molar-refractivity contribution >= 4 is 44.6 Å². The molecule has 10 heteroatoms. The van der Waals surface area contributed by atoms with Crippen LogP contribution in [0.5, 0.6) is 0 Å². The van der Waals surface area contributed by atoms with Crippen molar-refractivity contribution < 1.29 is 13.2 Å². The number of halogens is 4. The van der Waals surface area contributed by atoms with E-state index in [0.29, 0.717) is 38.4 Å². The van der Waals surface area contributed by atoms with Crippen molar-refractivity contribution in [2.45, 2.75) is 32.5 Å². The number of fused-ring (bicyclic) bond motifs is 2. The van der Waals surface area contributed by atoms with Crippen LogP contribution in [-0.4, -0.2) is 19.6 Å². The van der Waals surface area contributed by atoms with E-state index in [1.807, 2.05) is 13.8 Å². The first-order chi connectivity index (χ1) is 13.2. The van der Waals surface area contributed by atoms with Gasteiger partial charge in [0, 0.05) is 11.6 Å². The number of nitrogens with one attached hydrogen (secondary N) is 1. The first-order valence-corrected chi connectivity index (χ1v) is 9.66. The Labute approximate surface area is 167 Å². The number of nitrogens with zero attached hydrogens (tertiary/aromatic N) is 4. The maximum absolute atomic E-state index is 12.9. The Hall–Kier alpha value is -2.39. The van der Waals surface area contributed by atoms with Crippen LogP contribution in [0.3, 0.4) is 0 Å². The van der Waals surface area contributed by atoms with E-state index in [2.05, 4.69) is 20.4 Å². The van der Waals surface area contributed by atoms with Crippen LogP contribution >= 0.6 is 22.9 Å². The molecule has 0 aliphatic carbocycles. The SMILES string of the molecule is CC(C)c1cnn2c(NCc3nc4cc(C(F)(F)F)ccc4s3)cc(Cl)nc12. The van der Waals surface area contributed by atoms with Gasteiger partial charge in [0.25, 0.3) is 0 Å². The van der Waals surface area contributed by atoms with Crippen molar-refractivity contribution in [3.63, 3.8) is 0 Å². The number of anilines is 1. The second kappa shape index (κ2) is 6.89. The molecule has 0 fully saturated rings. The lowest BCUT2D eigenvalue weighted by Gasteiger charge is -2.08. The molecule has 1 N–H and O–H groups in total. The molecule has 146 valence electrons. The molecule has 0 saturated heterocycles. The fraction of sp³-hybridized carbons (Fsp3) is 0.278. The van der Waals surface area contributed by atoms with Crippen LogP contribution in [0, 0.1) is 0 Å². The van der Waals surface area contributed by atoms with Crippen molar-refractivity contribution in [2.75, 3.05) is 5.32 Å².